The largest absolute Gasteiger partial charge is 0.292 e. The van der Waals surface area contributed by atoms with Gasteiger partial charge in [0.1, 0.15) is 5.65 Å². The fourth-order valence-corrected chi connectivity index (χ4v) is 5.77. The van der Waals surface area contributed by atoms with Crippen molar-refractivity contribution < 1.29 is 0 Å². The second-order valence-electron chi connectivity index (χ2n) is 9.23. The van der Waals surface area contributed by atoms with Gasteiger partial charge in [0.25, 0.3) is 0 Å². The second-order valence-corrected chi connectivity index (χ2v) is 9.23. The van der Waals surface area contributed by atoms with Crippen LogP contribution in [0.5, 0.6) is 0 Å². The van der Waals surface area contributed by atoms with Crippen molar-refractivity contribution in [2.45, 2.75) is 0 Å². The summed E-state index contributed by atoms with van der Waals surface area (Å²) in [6.45, 7) is 0. The summed E-state index contributed by atoms with van der Waals surface area (Å²) in [6, 6.07) is 43.7. The van der Waals surface area contributed by atoms with Crippen LogP contribution in [-0.2, 0) is 0 Å². The van der Waals surface area contributed by atoms with E-state index in [4.69, 9.17) is 4.98 Å². The Morgan fingerprint density at radius 2 is 1.14 bits per heavy atom. The van der Waals surface area contributed by atoms with Crippen LogP contribution in [0.2, 0.25) is 0 Å². The van der Waals surface area contributed by atoms with Crippen LogP contribution < -0.4 is 0 Å². The molecule has 6 aromatic carbocycles. The molecule has 0 saturated heterocycles. The summed E-state index contributed by atoms with van der Waals surface area (Å²) in [4.78, 5) is 5.05. The highest BCUT2D eigenvalue weighted by Gasteiger charge is 2.15. The number of imidazole rings is 1. The van der Waals surface area contributed by atoms with Crippen LogP contribution in [0.3, 0.4) is 0 Å². The van der Waals surface area contributed by atoms with E-state index in [0.717, 1.165) is 16.7 Å². The van der Waals surface area contributed by atoms with E-state index in [1.54, 1.807) is 0 Å². The minimum absolute atomic E-state index is 1.01. The molecule has 0 radical (unpaired) electrons. The van der Waals surface area contributed by atoms with Crippen LogP contribution in [-0.4, -0.2) is 9.38 Å². The van der Waals surface area contributed by atoms with Gasteiger partial charge in [0.15, 0.2) is 0 Å². The fourth-order valence-electron chi connectivity index (χ4n) is 5.77. The summed E-state index contributed by atoms with van der Waals surface area (Å²) in [5.41, 5.74) is 6.85. The van der Waals surface area contributed by atoms with Crippen LogP contribution in [0.15, 0.2) is 121 Å². The molecule has 0 saturated carbocycles. The van der Waals surface area contributed by atoms with Crippen molar-refractivity contribution in [1.82, 2.24) is 9.38 Å². The maximum atomic E-state index is 5.05. The summed E-state index contributed by atoms with van der Waals surface area (Å²) in [6.07, 6.45) is 0. The summed E-state index contributed by atoms with van der Waals surface area (Å²) in [5.74, 6) is 0. The number of nitrogens with zero attached hydrogens (tertiary/aromatic N) is 2. The lowest BCUT2D eigenvalue weighted by Crippen LogP contribution is -1.92. The molecule has 0 unspecified atom stereocenters. The van der Waals surface area contributed by atoms with Crippen molar-refractivity contribution in [2.24, 2.45) is 0 Å². The number of rotatable bonds is 1. The van der Waals surface area contributed by atoms with Crippen molar-refractivity contribution in [3.63, 3.8) is 0 Å². The lowest BCUT2D eigenvalue weighted by Gasteiger charge is -2.13. The molecule has 162 valence electrons. The van der Waals surface area contributed by atoms with E-state index in [1.807, 2.05) is 0 Å². The Morgan fingerprint density at radius 3 is 2.03 bits per heavy atom. The number of aromatic nitrogens is 2. The third kappa shape index (κ3) is 2.57. The lowest BCUT2D eigenvalue weighted by atomic mass is 9.92. The Labute approximate surface area is 201 Å². The quantitative estimate of drug-likeness (QED) is 0.231. The first-order chi connectivity index (χ1) is 17.4. The molecule has 2 aromatic heterocycles. The molecular formula is C33H20N2. The highest BCUT2D eigenvalue weighted by Crippen LogP contribution is 2.38. The third-order valence-electron chi connectivity index (χ3n) is 7.34. The van der Waals surface area contributed by atoms with Gasteiger partial charge in [-0.1, -0.05) is 84.9 Å². The minimum atomic E-state index is 1.01. The molecule has 0 fully saturated rings. The topological polar surface area (TPSA) is 17.3 Å². The highest BCUT2D eigenvalue weighted by atomic mass is 15.0. The maximum Gasteiger partial charge on any atom is 0.146 e. The first-order valence-electron chi connectivity index (χ1n) is 12.0. The van der Waals surface area contributed by atoms with Gasteiger partial charge >= 0.3 is 0 Å². The number of hydrogen-bond acceptors (Lipinski definition) is 1. The summed E-state index contributed by atoms with van der Waals surface area (Å²) in [5, 5.41) is 8.78. The van der Waals surface area contributed by atoms with Crippen LogP contribution in [0.25, 0.3) is 71.0 Å². The molecule has 0 aliphatic carbocycles. The van der Waals surface area contributed by atoms with E-state index in [2.05, 4.69) is 126 Å². The van der Waals surface area contributed by atoms with Crippen LogP contribution in [0.4, 0.5) is 0 Å². The number of fused-ring (bicyclic) bond motifs is 11. The van der Waals surface area contributed by atoms with Crippen LogP contribution in [0, 0.1) is 0 Å². The molecule has 2 heterocycles. The van der Waals surface area contributed by atoms with E-state index in [1.165, 1.54) is 54.3 Å². The molecule has 2 heteroatoms. The Hall–Kier alpha value is -4.69. The molecule has 0 atom stereocenters. The van der Waals surface area contributed by atoms with Crippen LogP contribution >= 0.6 is 0 Å². The molecule has 0 bridgehead atoms. The van der Waals surface area contributed by atoms with E-state index in [9.17, 15) is 0 Å². The Morgan fingerprint density at radius 1 is 0.457 bits per heavy atom. The van der Waals surface area contributed by atoms with Crippen molar-refractivity contribution in [3.8, 4) is 11.1 Å². The average Bonchev–Trinajstić information content (AvgIpc) is 3.32. The zero-order valence-electron chi connectivity index (χ0n) is 18.9. The second kappa shape index (κ2) is 6.91. The SMILES string of the molecule is c1ccc2c(c1)cc(-c1ccc3c(c1)c1ccccc1n1c4ccccc4nc31)c1ccccc12. The van der Waals surface area contributed by atoms with Gasteiger partial charge in [-0.25, -0.2) is 4.98 Å². The van der Waals surface area contributed by atoms with Gasteiger partial charge in [0.2, 0.25) is 0 Å². The highest BCUT2D eigenvalue weighted by molar-refractivity contribution is 6.17. The lowest BCUT2D eigenvalue weighted by molar-refractivity contribution is 1.31. The Kier molecular flexibility index (Phi) is 3.69. The molecule has 0 amide bonds. The summed E-state index contributed by atoms with van der Waals surface area (Å²) < 4.78 is 2.30. The molecule has 0 spiro atoms. The van der Waals surface area contributed by atoms with Crippen molar-refractivity contribution in [3.05, 3.63) is 121 Å². The zero-order valence-corrected chi connectivity index (χ0v) is 18.9. The summed E-state index contributed by atoms with van der Waals surface area (Å²) in [7, 11) is 0. The van der Waals surface area contributed by atoms with Gasteiger partial charge in [0, 0.05) is 10.8 Å². The first-order valence-corrected chi connectivity index (χ1v) is 12.0. The summed E-state index contributed by atoms with van der Waals surface area (Å²) >= 11 is 0. The monoisotopic (exact) mass is 444 g/mol. The third-order valence-corrected chi connectivity index (χ3v) is 7.34. The Balaban J connectivity index is 1.52. The molecule has 35 heavy (non-hydrogen) atoms. The number of hydrogen-bond donors (Lipinski definition) is 0. The molecule has 8 rings (SSSR count). The van der Waals surface area contributed by atoms with Crippen molar-refractivity contribution in [2.75, 3.05) is 0 Å². The van der Waals surface area contributed by atoms with Gasteiger partial charge in [-0.15, -0.1) is 0 Å². The number of para-hydroxylation sites is 3. The van der Waals surface area contributed by atoms with Gasteiger partial charge < -0.3 is 0 Å². The zero-order chi connectivity index (χ0) is 22.9. The average molecular weight is 445 g/mol. The number of pyridine rings is 1. The van der Waals surface area contributed by atoms with Gasteiger partial charge in [-0.3, -0.25) is 4.40 Å². The van der Waals surface area contributed by atoms with Gasteiger partial charge in [-0.05, 0) is 74.5 Å². The smallest absolute Gasteiger partial charge is 0.146 e. The molecule has 8 aromatic rings. The minimum Gasteiger partial charge on any atom is -0.292 e. The van der Waals surface area contributed by atoms with Gasteiger partial charge in [-0.2, -0.15) is 0 Å². The van der Waals surface area contributed by atoms with Crippen molar-refractivity contribution in [1.29, 1.82) is 0 Å². The van der Waals surface area contributed by atoms with E-state index in [-0.39, 0.29) is 0 Å². The normalized spacial score (nSPS) is 12.0. The van der Waals surface area contributed by atoms with Gasteiger partial charge in [0.05, 0.1) is 16.6 Å². The molecule has 0 aliphatic rings. The number of benzene rings is 6. The Bertz CT molecular complexity index is 2110. The predicted octanol–water partition coefficient (Wildman–Crippen LogP) is 8.77. The molecule has 0 aliphatic heterocycles. The van der Waals surface area contributed by atoms with E-state index in [0.29, 0.717) is 0 Å². The van der Waals surface area contributed by atoms with Crippen LogP contribution in [0.1, 0.15) is 0 Å². The molecule has 2 nitrogen and oxygen atoms in total. The molecule has 0 N–H and O–H groups in total. The first kappa shape index (κ1) is 18.7. The predicted molar refractivity (Wildman–Crippen MR) is 148 cm³/mol. The van der Waals surface area contributed by atoms with E-state index < -0.39 is 0 Å². The fraction of sp³-hybridized carbons (Fsp3) is 0. The maximum absolute atomic E-state index is 5.05. The van der Waals surface area contributed by atoms with Crippen molar-refractivity contribution >= 4 is 59.9 Å². The standard InChI is InChI=1S/C33H20N2/c1-2-10-23-21(9-1)19-28(25-12-4-3-11-24(23)25)22-17-18-27-29(20-22)26-13-5-7-15-31(26)35-32-16-8-6-14-30(32)34-33(27)35/h1-20H. The molecular weight excluding hydrogens is 424 g/mol. The van der Waals surface area contributed by atoms with E-state index >= 15 is 0 Å².